The minimum atomic E-state index is -1.96. The highest BCUT2D eigenvalue weighted by Gasteiger charge is 2.38. The second-order valence-electron chi connectivity index (χ2n) is 6.42. The third-order valence-corrected chi connectivity index (χ3v) is 8.94. The minimum absolute atomic E-state index is 0.194. The van der Waals surface area contributed by atoms with Gasteiger partial charge in [0.2, 0.25) is 0 Å². The largest absolute Gasteiger partial charge is 0.399 e. The van der Waals surface area contributed by atoms with Crippen LogP contribution in [0.25, 0.3) is 0 Å². The molecule has 0 saturated carbocycles. The first-order valence-corrected chi connectivity index (χ1v) is 10.1. The van der Waals surface area contributed by atoms with Crippen LogP contribution in [-0.2, 0) is 0 Å². The molecule has 1 atom stereocenters. The van der Waals surface area contributed by atoms with E-state index in [-0.39, 0.29) is 5.82 Å². The fourth-order valence-electron chi connectivity index (χ4n) is 3.59. The average molecular weight is 289 g/mol. The zero-order valence-corrected chi connectivity index (χ0v) is 14.3. The van der Waals surface area contributed by atoms with Crippen LogP contribution in [0.4, 0.5) is 10.1 Å². The molecule has 1 nitrogen and oxygen atoms in total. The first-order valence-electron chi connectivity index (χ1n) is 7.12. The van der Waals surface area contributed by atoms with E-state index in [0.717, 1.165) is 10.9 Å². The van der Waals surface area contributed by atoms with Gasteiger partial charge in [0.05, 0.1) is 0 Å². The molecule has 3 heteroatoms. The predicted molar refractivity (Wildman–Crippen MR) is 88.2 cm³/mol. The van der Waals surface area contributed by atoms with Crippen molar-refractivity contribution in [2.24, 2.45) is 5.92 Å². The van der Waals surface area contributed by atoms with Crippen molar-refractivity contribution in [1.29, 1.82) is 0 Å². The molecular formula is C17H24FNSi. The molecule has 108 valence electrons. The Bertz CT molecular complexity index is 626. The van der Waals surface area contributed by atoms with Crippen molar-refractivity contribution < 1.29 is 4.39 Å². The van der Waals surface area contributed by atoms with Gasteiger partial charge in [-0.15, -0.1) is 0 Å². The van der Waals surface area contributed by atoms with Gasteiger partial charge in [-0.25, -0.2) is 4.39 Å². The number of nitrogen functional groups attached to an aromatic ring is 1. The molecule has 1 aliphatic carbocycles. The molecule has 2 rings (SSSR count). The lowest BCUT2D eigenvalue weighted by molar-refractivity contribution is 0.629. The van der Waals surface area contributed by atoms with Crippen LogP contribution in [0.3, 0.4) is 0 Å². The van der Waals surface area contributed by atoms with E-state index in [1.807, 2.05) is 0 Å². The molecule has 0 saturated heterocycles. The molecule has 1 aliphatic rings. The molecular weight excluding hydrogens is 265 g/mol. The highest BCUT2D eigenvalue weighted by molar-refractivity contribution is 6.96. The van der Waals surface area contributed by atoms with Crippen molar-refractivity contribution in [3.05, 3.63) is 45.9 Å². The van der Waals surface area contributed by atoms with E-state index in [4.69, 9.17) is 5.73 Å². The molecule has 0 aromatic heterocycles. The molecule has 0 amide bonds. The second kappa shape index (κ2) is 4.88. The zero-order valence-electron chi connectivity index (χ0n) is 13.3. The summed E-state index contributed by atoms with van der Waals surface area (Å²) in [7, 11) is -1.96. The number of anilines is 1. The van der Waals surface area contributed by atoms with Crippen LogP contribution in [0, 0.1) is 11.7 Å². The third kappa shape index (κ3) is 2.14. The Hall–Kier alpha value is -1.35. The fourth-order valence-corrected chi connectivity index (χ4v) is 7.61. The minimum Gasteiger partial charge on any atom is -0.399 e. The van der Waals surface area contributed by atoms with Gasteiger partial charge >= 0.3 is 0 Å². The van der Waals surface area contributed by atoms with Gasteiger partial charge in [0.25, 0.3) is 0 Å². The van der Waals surface area contributed by atoms with Gasteiger partial charge in [-0.2, -0.15) is 0 Å². The van der Waals surface area contributed by atoms with Gasteiger partial charge in [-0.1, -0.05) is 36.4 Å². The van der Waals surface area contributed by atoms with Crippen LogP contribution in [0.15, 0.2) is 40.1 Å². The summed E-state index contributed by atoms with van der Waals surface area (Å²) in [5.41, 5.74) is 11.1. The van der Waals surface area contributed by atoms with Crippen molar-refractivity contribution in [3.8, 4) is 0 Å². The van der Waals surface area contributed by atoms with E-state index < -0.39 is 8.07 Å². The lowest BCUT2D eigenvalue weighted by atomic mass is 10.1. The Labute approximate surface area is 122 Å². The van der Waals surface area contributed by atoms with Gasteiger partial charge in [0.1, 0.15) is 13.9 Å². The van der Waals surface area contributed by atoms with Crippen LogP contribution in [0.5, 0.6) is 0 Å². The maximum absolute atomic E-state index is 13.7. The molecule has 1 aromatic carbocycles. The van der Waals surface area contributed by atoms with Gasteiger partial charge in [-0.3, -0.25) is 0 Å². The summed E-state index contributed by atoms with van der Waals surface area (Å²) in [5, 5.41) is 2.51. The standard InChI is InChI=1S/C17H24FNSi/c1-10-11(2)13(4)17(12(10)3)20(5,6)16-9-14(18)7-8-15(16)19/h7-9,12H,19H2,1-6H3. The van der Waals surface area contributed by atoms with Crippen molar-refractivity contribution >= 4 is 18.9 Å². The zero-order chi connectivity index (χ0) is 15.2. The Morgan fingerprint density at radius 1 is 1.10 bits per heavy atom. The number of halogens is 1. The van der Waals surface area contributed by atoms with Gasteiger partial charge in [0, 0.05) is 5.69 Å². The number of nitrogens with two attached hydrogens (primary N) is 1. The molecule has 0 bridgehead atoms. The number of hydrogen-bond acceptors (Lipinski definition) is 1. The second-order valence-corrected chi connectivity index (χ2v) is 10.8. The van der Waals surface area contributed by atoms with E-state index in [1.165, 1.54) is 28.0 Å². The molecule has 0 spiro atoms. The molecule has 0 fully saturated rings. The van der Waals surface area contributed by atoms with Crippen LogP contribution in [0.1, 0.15) is 27.7 Å². The fraction of sp³-hybridized carbons (Fsp3) is 0.412. The van der Waals surface area contributed by atoms with Crippen LogP contribution in [0.2, 0.25) is 13.1 Å². The summed E-state index contributed by atoms with van der Waals surface area (Å²) in [6.07, 6.45) is 0. The highest BCUT2D eigenvalue weighted by atomic mass is 28.3. The van der Waals surface area contributed by atoms with Crippen molar-refractivity contribution in [2.45, 2.75) is 40.8 Å². The van der Waals surface area contributed by atoms with Crippen LogP contribution < -0.4 is 10.9 Å². The number of hydrogen-bond donors (Lipinski definition) is 1. The highest BCUT2D eigenvalue weighted by Crippen LogP contribution is 2.41. The maximum Gasteiger partial charge on any atom is 0.123 e. The Morgan fingerprint density at radius 3 is 2.20 bits per heavy atom. The Morgan fingerprint density at radius 2 is 1.70 bits per heavy atom. The summed E-state index contributed by atoms with van der Waals surface area (Å²) < 4.78 is 13.7. The van der Waals surface area contributed by atoms with Crippen LogP contribution >= 0.6 is 0 Å². The van der Waals surface area contributed by atoms with E-state index in [0.29, 0.717) is 5.92 Å². The molecule has 0 heterocycles. The first-order chi connectivity index (χ1) is 9.17. The SMILES string of the molecule is CC1=C(C)C(C)C([Si](C)(C)c2cc(F)ccc2N)=C1C. The van der Waals surface area contributed by atoms with E-state index in [2.05, 4.69) is 40.8 Å². The summed E-state index contributed by atoms with van der Waals surface area (Å²) in [6, 6.07) is 4.77. The maximum atomic E-state index is 13.7. The van der Waals surface area contributed by atoms with Crippen molar-refractivity contribution in [1.82, 2.24) is 0 Å². The van der Waals surface area contributed by atoms with Crippen molar-refractivity contribution in [3.63, 3.8) is 0 Å². The summed E-state index contributed by atoms with van der Waals surface area (Å²) in [6.45, 7) is 13.4. The first kappa shape index (κ1) is 15.0. The Balaban J connectivity index is 2.60. The summed E-state index contributed by atoms with van der Waals surface area (Å²) >= 11 is 0. The average Bonchev–Trinajstić information content (AvgIpc) is 2.57. The van der Waals surface area contributed by atoms with E-state index in [1.54, 1.807) is 12.1 Å². The van der Waals surface area contributed by atoms with E-state index in [9.17, 15) is 4.39 Å². The van der Waals surface area contributed by atoms with Gasteiger partial charge in [-0.05, 0) is 55.6 Å². The number of benzene rings is 1. The molecule has 0 aliphatic heterocycles. The molecule has 20 heavy (non-hydrogen) atoms. The quantitative estimate of drug-likeness (QED) is 0.642. The third-order valence-electron chi connectivity index (χ3n) is 5.00. The summed E-state index contributed by atoms with van der Waals surface area (Å²) in [4.78, 5) is 0. The van der Waals surface area contributed by atoms with E-state index >= 15 is 0 Å². The number of rotatable bonds is 2. The topological polar surface area (TPSA) is 26.0 Å². The molecule has 1 aromatic rings. The molecule has 0 radical (unpaired) electrons. The van der Waals surface area contributed by atoms with Crippen molar-refractivity contribution in [2.75, 3.05) is 5.73 Å². The van der Waals surface area contributed by atoms with Gasteiger partial charge in [0.15, 0.2) is 0 Å². The predicted octanol–water partition coefficient (Wildman–Crippen LogP) is 4.17. The monoisotopic (exact) mass is 289 g/mol. The molecule has 1 unspecified atom stereocenters. The van der Waals surface area contributed by atoms with Crippen LogP contribution in [-0.4, -0.2) is 8.07 Å². The number of allylic oxidation sites excluding steroid dienone is 4. The lowest BCUT2D eigenvalue weighted by Crippen LogP contribution is -2.47. The smallest absolute Gasteiger partial charge is 0.123 e. The normalized spacial score (nSPS) is 20.1. The lowest BCUT2D eigenvalue weighted by Gasteiger charge is -2.31. The molecule has 2 N–H and O–H groups in total. The Kier molecular flexibility index (Phi) is 3.67. The summed E-state index contributed by atoms with van der Waals surface area (Å²) in [5.74, 6) is 0.249. The van der Waals surface area contributed by atoms with Gasteiger partial charge < -0.3 is 5.73 Å².